The summed E-state index contributed by atoms with van der Waals surface area (Å²) in [6, 6.07) is 0. The number of piperidine rings is 1. The SMILES string of the molecule is CS(=O)(=O)N1CCC(c2noc(CCN)n2)CC1. The van der Waals surface area contributed by atoms with Crippen LogP contribution in [0.1, 0.15) is 30.5 Å². The highest BCUT2D eigenvalue weighted by atomic mass is 32.2. The molecule has 2 rings (SSSR count). The van der Waals surface area contributed by atoms with E-state index in [-0.39, 0.29) is 5.92 Å². The molecule has 2 heterocycles. The molecule has 8 heteroatoms. The molecule has 0 amide bonds. The van der Waals surface area contributed by atoms with Crippen LogP contribution in [0.4, 0.5) is 0 Å². The van der Waals surface area contributed by atoms with Gasteiger partial charge in [-0.1, -0.05) is 5.16 Å². The predicted molar refractivity (Wildman–Crippen MR) is 65.4 cm³/mol. The molecule has 0 saturated carbocycles. The summed E-state index contributed by atoms with van der Waals surface area (Å²) in [5.41, 5.74) is 5.41. The Morgan fingerprint density at radius 3 is 2.67 bits per heavy atom. The third kappa shape index (κ3) is 3.06. The lowest BCUT2D eigenvalue weighted by Gasteiger charge is -2.28. The minimum Gasteiger partial charge on any atom is -0.339 e. The van der Waals surface area contributed by atoms with Crippen LogP contribution in [0.5, 0.6) is 0 Å². The number of hydrogen-bond donors (Lipinski definition) is 1. The maximum Gasteiger partial charge on any atom is 0.227 e. The second-order valence-electron chi connectivity index (χ2n) is 4.52. The van der Waals surface area contributed by atoms with Gasteiger partial charge >= 0.3 is 0 Å². The van der Waals surface area contributed by atoms with Gasteiger partial charge in [-0.15, -0.1) is 0 Å². The van der Waals surface area contributed by atoms with Crippen molar-refractivity contribution >= 4 is 10.0 Å². The zero-order chi connectivity index (χ0) is 13.2. The highest BCUT2D eigenvalue weighted by Gasteiger charge is 2.28. The van der Waals surface area contributed by atoms with Gasteiger partial charge in [0.15, 0.2) is 5.82 Å². The largest absolute Gasteiger partial charge is 0.339 e. The maximum absolute atomic E-state index is 11.4. The first-order valence-corrected chi connectivity index (χ1v) is 7.83. The van der Waals surface area contributed by atoms with Gasteiger partial charge in [0.1, 0.15) is 0 Å². The number of sulfonamides is 1. The Morgan fingerprint density at radius 1 is 1.44 bits per heavy atom. The van der Waals surface area contributed by atoms with Crippen LogP contribution >= 0.6 is 0 Å². The normalized spacial score (nSPS) is 19.2. The molecule has 0 aliphatic carbocycles. The van der Waals surface area contributed by atoms with Crippen molar-refractivity contribution in [2.75, 3.05) is 25.9 Å². The molecule has 2 N–H and O–H groups in total. The second kappa shape index (κ2) is 5.33. The minimum atomic E-state index is -3.08. The fourth-order valence-corrected chi connectivity index (χ4v) is 2.98. The smallest absolute Gasteiger partial charge is 0.227 e. The number of rotatable bonds is 4. The van der Waals surface area contributed by atoms with Crippen LogP contribution in [0, 0.1) is 0 Å². The zero-order valence-electron chi connectivity index (χ0n) is 10.4. The Hall–Kier alpha value is -0.990. The van der Waals surface area contributed by atoms with Gasteiger partial charge in [0.25, 0.3) is 0 Å². The van der Waals surface area contributed by atoms with Gasteiger partial charge in [0.05, 0.1) is 6.26 Å². The molecular formula is C10H18N4O3S. The molecule has 1 aliphatic rings. The van der Waals surface area contributed by atoms with Crippen LogP contribution in [0.2, 0.25) is 0 Å². The fraction of sp³-hybridized carbons (Fsp3) is 0.800. The van der Waals surface area contributed by atoms with Crippen LogP contribution in [-0.2, 0) is 16.4 Å². The zero-order valence-corrected chi connectivity index (χ0v) is 11.2. The fourth-order valence-electron chi connectivity index (χ4n) is 2.10. The molecule has 0 atom stereocenters. The van der Waals surface area contributed by atoms with E-state index in [0.29, 0.717) is 37.8 Å². The maximum atomic E-state index is 11.4. The second-order valence-corrected chi connectivity index (χ2v) is 6.50. The van der Waals surface area contributed by atoms with Crippen molar-refractivity contribution in [1.29, 1.82) is 0 Å². The van der Waals surface area contributed by atoms with Crippen LogP contribution < -0.4 is 5.73 Å². The summed E-state index contributed by atoms with van der Waals surface area (Å²) >= 11 is 0. The van der Waals surface area contributed by atoms with Crippen molar-refractivity contribution in [2.45, 2.75) is 25.2 Å². The first kappa shape index (κ1) is 13.4. The quantitative estimate of drug-likeness (QED) is 0.809. The van der Waals surface area contributed by atoms with Gasteiger partial charge in [-0.3, -0.25) is 0 Å². The Kier molecular flexibility index (Phi) is 3.98. The Labute approximate surface area is 106 Å². The number of aromatic nitrogens is 2. The molecule has 18 heavy (non-hydrogen) atoms. The molecule has 0 unspecified atom stereocenters. The molecule has 1 saturated heterocycles. The number of hydrogen-bond acceptors (Lipinski definition) is 6. The molecule has 1 aliphatic heterocycles. The monoisotopic (exact) mass is 274 g/mol. The van der Waals surface area contributed by atoms with Gasteiger partial charge in [0, 0.05) is 32.0 Å². The lowest BCUT2D eigenvalue weighted by Crippen LogP contribution is -2.37. The van der Waals surface area contributed by atoms with Crippen molar-refractivity contribution in [3.8, 4) is 0 Å². The summed E-state index contributed by atoms with van der Waals surface area (Å²) in [5, 5.41) is 3.94. The van der Waals surface area contributed by atoms with Gasteiger partial charge in [-0.05, 0) is 12.8 Å². The molecule has 0 bridgehead atoms. The van der Waals surface area contributed by atoms with E-state index < -0.39 is 10.0 Å². The first-order valence-electron chi connectivity index (χ1n) is 5.98. The summed E-state index contributed by atoms with van der Waals surface area (Å²) in [4.78, 5) is 4.29. The first-order chi connectivity index (χ1) is 8.50. The number of nitrogens with zero attached hydrogens (tertiary/aromatic N) is 3. The van der Waals surface area contributed by atoms with Crippen LogP contribution in [0.15, 0.2) is 4.52 Å². The van der Waals surface area contributed by atoms with Gasteiger partial charge < -0.3 is 10.3 Å². The molecular weight excluding hydrogens is 256 g/mol. The van der Waals surface area contributed by atoms with Crippen molar-refractivity contribution in [2.24, 2.45) is 5.73 Å². The molecule has 0 spiro atoms. The summed E-state index contributed by atoms with van der Waals surface area (Å²) in [7, 11) is -3.08. The third-order valence-corrected chi connectivity index (χ3v) is 4.43. The van der Waals surface area contributed by atoms with E-state index in [4.69, 9.17) is 10.3 Å². The Balaban J connectivity index is 1.96. The van der Waals surface area contributed by atoms with Crippen molar-refractivity contribution in [3.05, 3.63) is 11.7 Å². The molecule has 0 radical (unpaired) electrons. The van der Waals surface area contributed by atoms with Crippen molar-refractivity contribution in [3.63, 3.8) is 0 Å². The topological polar surface area (TPSA) is 102 Å². The molecule has 1 aromatic heterocycles. The van der Waals surface area contributed by atoms with Gasteiger partial charge in [0.2, 0.25) is 15.9 Å². The summed E-state index contributed by atoms with van der Waals surface area (Å²) < 4.78 is 29.3. The molecule has 1 aromatic rings. The standard InChI is InChI=1S/C10H18N4O3S/c1-18(15,16)14-6-3-8(4-7-14)10-12-9(2-5-11)17-13-10/h8H,2-7,11H2,1H3. The van der Waals surface area contributed by atoms with E-state index in [9.17, 15) is 8.42 Å². The van der Waals surface area contributed by atoms with E-state index >= 15 is 0 Å². The van der Waals surface area contributed by atoms with E-state index in [0.717, 1.165) is 12.8 Å². The van der Waals surface area contributed by atoms with Crippen LogP contribution in [-0.4, -0.2) is 48.8 Å². The van der Waals surface area contributed by atoms with Crippen LogP contribution in [0.3, 0.4) is 0 Å². The van der Waals surface area contributed by atoms with E-state index in [1.165, 1.54) is 10.6 Å². The van der Waals surface area contributed by atoms with E-state index in [2.05, 4.69) is 10.1 Å². The predicted octanol–water partition coefficient (Wildman–Crippen LogP) is -0.290. The summed E-state index contributed by atoms with van der Waals surface area (Å²) in [5.74, 6) is 1.41. The number of nitrogens with two attached hydrogens (primary N) is 1. The minimum absolute atomic E-state index is 0.179. The average Bonchev–Trinajstić information content (AvgIpc) is 2.77. The lowest BCUT2D eigenvalue weighted by atomic mass is 9.97. The highest BCUT2D eigenvalue weighted by molar-refractivity contribution is 7.88. The third-order valence-electron chi connectivity index (χ3n) is 3.13. The van der Waals surface area contributed by atoms with Gasteiger partial charge in [-0.25, -0.2) is 12.7 Å². The van der Waals surface area contributed by atoms with Gasteiger partial charge in [-0.2, -0.15) is 4.98 Å². The van der Waals surface area contributed by atoms with Crippen LogP contribution in [0.25, 0.3) is 0 Å². The molecule has 1 fully saturated rings. The lowest BCUT2D eigenvalue weighted by molar-refractivity contribution is 0.306. The molecule has 7 nitrogen and oxygen atoms in total. The van der Waals surface area contributed by atoms with E-state index in [1.807, 2.05) is 0 Å². The Bertz CT molecular complexity index is 491. The average molecular weight is 274 g/mol. The van der Waals surface area contributed by atoms with Crippen molar-refractivity contribution in [1.82, 2.24) is 14.4 Å². The molecule has 102 valence electrons. The summed E-state index contributed by atoms with van der Waals surface area (Å²) in [6.45, 7) is 1.52. The summed E-state index contributed by atoms with van der Waals surface area (Å²) in [6.07, 6.45) is 3.28. The molecule has 0 aromatic carbocycles. The van der Waals surface area contributed by atoms with E-state index in [1.54, 1.807) is 0 Å². The Morgan fingerprint density at radius 2 is 2.11 bits per heavy atom. The van der Waals surface area contributed by atoms with Crippen molar-refractivity contribution < 1.29 is 12.9 Å². The highest BCUT2D eigenvalue weighted by Crippen LogP contribution is 2.26.